The number of rotatable bonds is 4. The highest BCUT2D eigenvalue weighted by Gasteiger charge is 2.05. The van der Waals surface area contributed by atoms with Crippen LogP contribution in [0.4, 0.5) is 0 Å². The van der Waals surface area contributed by atoms with Crippen LogP contribution in [0.5, 0.6) is 0 Å². The van der Waals surface area contributed by atoms with Crippen LogP contribution >= 0.6 is 11.8 Å². The number of thioether (sulfide) groups is 1. The second-order valence-electron chi connectivity index (χ2n) is 3.49. The number of hydrogen-bond acceptors (Lipinski definition) is 3. The highest BCUT2D eigenvalue weighted by atomic mass is 32.2. The minimum atomic E-state index is -0.0888. The Morgan fingerprint density at radius 1 is 1.29 bits per heavy atom. The molecule has 1 aromatic carbocycles. The van der Waals surface area contributed by atoms with Gasteiger partial charge in [0.05, 0.1) is 12.8 Å². The first-order valence-corrected chi connectivity index (χ1v) is 6.46. The monoisotopic (exact) mass is 247 g/mol. The molecule has 4 heteroatoms. The van der Waals surface area contributed by atoms with E-state index in [2.05, 4.69) is 5.32 Å². The van der Waals surface area contributed by atoms with Crippen LogP contribution in [0.3, 0.4) is 0 Å². The maximum atomic E-state index is 11.8. The summed E-state index contributed by atoms with van der Waals surface area (Å²) in [6.07, 6.45) is 3.60. The quantitative estimate of drug-likeness (QED) is 0.845. The van der Waals surface area contributed by atoms with E-state index in [0.717, 1.165) is 10.7 Å². The van der Waals surface area contributed by atoms with Gasteiger partial charge in [-0.15, -0.1) is 11.8 Å². The van der Waals surface area contributed by atoms with Crippen molar-refractivity contribution in [3.8, 4) is 0 Å². The van der Waals surface area contributed by atoms with Gasteiger partial charge in [0.15, 0.2) is 0 Å². The fourth-order valence-corrected chi connectivity index (χ4v) is 1.83. The lowest BCUT2D eigenvalue weighted by molar-refractivity contribution is 0.0948. The van der Waals surface area contributed by atoms with Gasteiger partial charge in [-0.2, -0.15) is 0 Å². The molecule has 0 fully saturated rings. The lowest BCUT2D eigenvalue weighted by atomic mass is 10.2. The van der Waals surface area contributed by atoms with Gasteiger partial charge in [0, 0.05) is 10.5 Å². The molecule has 0 saturated carbocycles. The summed E-state index contributed by atoms with van der Waals surface area (Å²) in [7, 11) is 0. The van der Waals surface area contributed by atoms with E-state index in [0.29, 0.717) is 12.1 Å². The first kappa shape index (κ1) is 11.8. The maximum Gasteiger partial charge on any atom is 0.251 e. The average molecular weight is 247 g/mol. The number of carbonyl (C=O) groups is 1. The summed E-state index contributed by atoms with van der Waals surface area (Å²) in [5, 5.41) is 2.80. The molecular weight excluding hydrogens is 234 g/mol. The van der Waals surface area contributed by atoms with E-state index >= 15 is 0 Å². The Morgan fingerprint density at radius 3 is 2.65 bits per heavy atom. The lowest BCUT2D eigenvalue weighted by Crippen LogP contribution is -2.22. The molecule has 1 aromatic heterocycles. The molecule has 0 saturated heterocycles. The number of benzene rings is 1. The third kappa shape index (κ3) is 3.14. The van der Waals surface area contributed by atoms with Crippen molar-refractivity contribution in [2.75, 3.05) is 6.26 Å². The summed E-state index contributed by atoms with van der Waals surface area (Å²) in [4.78, 5) is 12.9. The molecular formula is C13H13NO2S. The van der Waals surface area contributed by atoms with Crippen LogP contribution < -0.4 is 5.32 Å². The van der Waals surface area contributed by atoms with Gasteiger partial charge in [-0.1, -0.05) is 0 Å². The van der Waals surface area contributed by atoms with Gasteiger partial charge in [0.1, 0.15) is 5.76 Å². The molecule has 2 aromatic rings. The van der Waals surface area contributed by atoms with Crippen LogP contribution in [0.2, 0.25) is 0 Å². The minimum absolute atomic E-state index is 0.0888. The van der Waals surface area contributed by atoms with Crippen LogP contribution in [0.25, 0.3) is 0 Å². The molecule has 1 amide bonds. The molecule has 0 unspecified atom stereocenters. The Bertz CT molecular complexity index is 477. The van der Waals surface area contributed by atoms with Crippen molar-refractivity contribution in [1.82, 2.24) is 5.32 Å². The summed E-state index contributed by atoms with van der Waals surface area (Å²) in [5.41, 5.74) is 0.661. The van der Waals surface area contributed by atoms with E-state index in [4.69, 9.17) is 4.42 Å². The SMILES string of the molecule is CSc1ccc(C(=O)NCc2ccco2)cc1. The fraction of sp³-hybridized carbons (Fsp3) is 0.154. The average Bonchev–Trinajstić information content (AvgIpc) is 2.89. The van der Waals surface area contributed by atoms with E-state index in [1.165, 1.54) is 0 Å². The first-order valence-electron chi connectivity index (χ1n) is 5.24. The molecule has 0 radical (unpaired) electrons. The highest BCUT2D eigenvalue weighted by Crippen LogP contribution is 2.14. The third-order valence-electron chi connectivity index (χ3n) is 2.36. The Hall–Kier alpha value is -1.68. The molecule has 0 spiro atoms. The predicted molar refractivity (Wildman–Crippen MR) is 68.1 cm³/mol. The zero-order valence-corrected chi connectivity index (χ0v) is 10.3. The largest absolute Gasteiger partial charge is 0.467 e. The Labute approximate surface area is 104 Å². The van der Waals surface area contributed by atoms with Crippen LogP contribution in [0.15, 0.2) is 52.0 Å². The number of hydrogen-bond donors (Lipinski definition) is 1. The van der Waals surface area contributed by atoms with Gasteiger partial charge >= 0.3 is 0 Å². The van der Waals surface area contributed by atoms with Crippen molar-refractivity contribution in [1.29, 1.82) is 0 Å². The van der Waals surface area contributed by atoms with E-state index in [9.17, 15) is 4.79 Å². The zero-order chi connectivity index (χ0) is 12.1. The lowest BCUT2D eigenvalue weighted by Gasteiger charge is -2.03. The smallest absolute Gasteiger partial charge is 0.251 e. The molecule has 0 aliphatic heterocycles. The summed E-state index contributed by atoms with van der Waals surface area (Å²) in [5.74, 6) is 0.660. The van der Waals surface area contributed by atoms with Gasteiger partial charge in [-0.25, -0.2) is 0 Å². The third-order valence-corrected chi connectivity index (χ3v) is 3.10. The normalized spacial score (nSPS) is 10.2. The molecule has 0 bridgehead atoms. The molecule has 0 atom stereocenters. The maximum absolute atomic E-state index is 11.8. The first-order chi connectivity index (χ1) is 8.29. The van der Waals surface area contributed by atoms with Crippen LogP contribution in [-0.4, -0.2) is 12.2 Å². The summed E-state index contributed by atoms with van der Waals surface area (Å²) in [6, 6.07) is 11.2. The molecule has 2 rings (SSSR count). The number of carbonyl (C=O) groups excluding carboxylic acids is 1. The Balaban J connectivity index is 1.95. The fourth-order valence-electron chi connectivity index (χ4n) is 1.43. The van der Waals surface area contributed by atoms with Crippen molar-refractivity contribution in [2.45, 2.75) is 11.4 Å². The molecule has 88 valence electrons. The van der Waals surface area contributed by atoms with Crippen molar-refractivity contribution in [3.63, 3.8) is 0 Å². The second kappa shape index (κ2) is 5.59. The van der Waals surface area contributed by atoms with Crippen molar-refractivity contribution in [3.05, 3.63) is 54.0 Å². The van der Waals surface area contributed by atoms with Crippen molar-refractivity contribution >= 4 is 17.7 Å². The van der Waals surface area contributed by atoms with E-state index in [-0.39, 0.29) is 5.91 Å². The van der Waals surface area contributed by atoms with Gasteiger partial charge in [-0.3, -0.25) is 4.79 Å². The second-order valence-corrected chi connectivity index (χ2v) is 4.37. The van der Waals surface area contributed by atoms with Crippen LogP contribution in [-0.2, 0) is 6.54 Å². The van der Waals surface area contributed by atoms with Gasteiger partial charge < -0.3 is 9.73 Å². The van der Waals surface area contributed by atoms with Gasteiger partial charge in [0.2, 0.25) is 0 Å². The topological polar surface area (TPSA) is 42.2 Å². The van der Waals surface area contributed by atoms with E-state index < -0.39 is 0 Å². The zero-order valence-electron chi connectivity index (χ0n) is 9.47. The van der Waals surface area contributed by atoms with Crippen molar-refractivity contribution in [2.24, 2.45) is 0 Å². The molecule has 0 aliphatic rings. The van der Waals surface area contributed by atoms with Gasteiger partial charge in [0.25, 0.3) is 5.91 Å². The van der Waals surface area contributed by atoms with E-state index in [1.54, 1.807) is 24.1 Å². The Morgan fingerprint density at radius 2 is 2.06 bits per heavy atom. The minimum Gasteiger partial charge on any atom is -0.467 e. The molecule has 0 aliphatic carbocycles. The number of nitrogens with one attached hydrogen (secondary N) is 1. The Kier molecular flexibility index (Phi) is 3.88. The molecule has 1 N–H and O–H groups in total. The van der Waals surface area contributed by atoms with Gasteiger partial charge in [-0.05, 0) is 42.7 Å². The highest BCUT2D eigenvalue weighted by molar-refractivity contribution is 7.98. The molecule has 17 heavy (non-hydrogen) atoms. The standard InChI is InChI=1S/C13H13NO2S/c1-17-12-6-4-10(5-7-12)13(15)14-9-11-3-2-8-16-11/h2-8H,9H2,1H3,(H,14,15). The molecule has 3 nitrogen and oxygen atoms in total. The van der Waals surface area contributed by atoms with Crippen LogP contribution in [0, 0.1) is 0 Å². The predicted octanol–water partition coefficient (Wildman–Crippen LogP) is 2.93. The number of amides is 1. The summed E-state index contributed by atoms with van der Waals surface area (Å²) < 4.78 is 5.14. The van der Waals surface area contributed by atoms with E-state index in [1.807, 2.05) is 36.6 Å². The van der Waals surface area contributed by atoms with Crippen molar-refractivity contribution < 1.29 is 9.21 Å². The summed E-state index contributed by atoms with van der Waals surface area (Å²) >= 11 is 1.65. The van der Waals surface area contributed by atoms with Crippen LogP contribution in [0.1, 0.15) is 16.1 Å². The number of furan rings is 1. The summed E-state index contributed by atoms with van der Waals surface area (Å²) in [6.45, 7) is 0.413. The molecule has 1 heterocycles.